The molecule has 0 radical (unpaired) electrons. The zero-order valence-corrected chi connectivity index (χ0v) is 7.74. The van der Waals surface area contributed by atoms with Crippen molar-refractivity contribution in [1.29, 1.82) is 0 Å². The minimum absolute atomic E-state index is 0.291. The van der Waals surface area contributed by atoms with Gasteiger partial charge in [-0.25, -0.2) is 9.07 Å². The van der Waals surface area contributed by atoms with Crippen LogP contribution in [0.3, 0.4) is 0 Å². The van der Waals surface area contributed by atoms with Crippen molar-refractivity contribution in [2.24, 2.45) is 0 Å². The van der Waals surface area contributed by atoms with E-state index < -0.39 is 0 Å². The van der Waals surface area contributed by atoms with Crippen LogP contribution in [-0.2, 0) is 0 Å². The van der Waals surface area contributed by atoms with E-state index in [4.69, 9.17) is 0 Å². The molecule has 0 aliphatic heterocycles. The Morgan fingerprint density at radius 3 is 2.86 bits per heavy atom. The first kappa shape index (κ1) is 8.74. The molecule has 0 amide bonds. The summed E-state index contributed by atoms with van der Waals surface area (Å²) >= 11 is 0. The van der Waals surface area contributed by atoms with Crippen LogP contribution >= 0.6 is 0 Å². The number of anilines is 1. The molecule has 0 bridgehead atoms. The van der Waals surface area contributed by atoms with Crippen molar-refractivity contribution in [2.75, 3.05) is 12.4 Å². The highest BCUT2D eigenvalue weighted by Crippen LogP contribution is 2.16. The first-order valence-corrected chi connectivity index (χ1v) is 4.28. The number of nitrogens with zero attached hydrogens (tertiary/aromatic N) is 2. The lowest BCUT2D eigenvalue weighted by Crippen LogP contribution is -1.99. The van der Waals surface area contributed by atoms with Gasteiger partial charge >= 0.3 is 0 Å². The molecule has 0 saturated carbocycles. The predicted octanol–water partition coefficient (Wildman–Crippen LogP) is 2.05. The Bertz CT molecular complexity index is 423. The molecule has 1 aromatic carbocycles. The zero-order valence-electron chi connectivity index (χ0n) is 7.74. The fourth-order valence-corrected chi connectivity index (χ4v) is 1.26. The average Bonchev–Trinajstić information content (AvgIpc) is 2.70. The van der Waals surface area contributed by atoms with Gasteiger partial charge in [-0.05, 0) is 24.3 Å². The second kappa shape index (κ2) is 3.49. The van der Waals surface area contributed by atoms with Gasteiger partial charge < -0.3 is 5.32 Å². The van der Waals surface area contributed by atoms with E-state index in [1.54, 1.807) is 37.6 Å². The third-order valence-electron chi connectivity index (χ3n) is 1.99. The lowest BCUT2D eigenvalue weighted by atomic mass is 10.2. The van der Waals surface area contributed by atoms with Crippen LogP contribution in [0, 0.1) is 5.82 Å². The van der Waals surface area contributed by atoms with Gasteiger partial charge in [0, 0.05) is 25.1 Å². The van der Waals surface area contributed by atoms with E-state index in [2.05, 4.69) is 10.4 Å². The summed E-state index contributed by atoms with van der Waals surface area (Å²) in [5, 5.41) is 6.83. The number of nitrogens with one attached hydrogen (secondary N) is 1. The van der Waals surface area contributed by atoms with E-state index in [0.717, 1.165) is 5.69 Å². The predicted molar refractivity (Wildman–Crippen MR) is 53.1 cm³/mol. The number of aromatic nitrogens is 2. The van der Waals surface area contributed by atoms with E-state index >= 15 is 0 Å². The van der Waals surface area contributed by atoms with E-state index in [1.807, 2.05) is 0 Å². The Labute approximate surface area is 81.2 Å². The quantitative estimate of drug-likeness (QED) is 0.787. The molecule has 0 aliphatic carbocycles. The zero-order chi connectivity index (χ0) is 9.97. The highest BCUT2D eigenvalue weighted by atomic mass is 19.1. The van der Waals surface area contributed by atoms with Gasteiger partial charge in [-0.2, -0.15) is 5.10 Å². The van der Waals surface area contributed by atoms with Gasteiger partial charge in [-0.3, -0.25) is 0 Å². The SMILES string of the molecule is CNc1ccc(-n2cccn2)c(F)c1. The smallest absolute Gasteiger partial charge is 0.150 e. The molecule has 0 atom stereocenters. The average molecular weight is 191 g/mol. The summed E-state index contributed by atoms with van der Waals surface area (Å²) in [6.45, 7) is 0. The van der Waals surface area contributed by atoms with Crippen molar-refractivity contribution >= 4 is 5.69 Å². The molecule has 4 heteroatoms. The molecule has 3 nitrogen and oxygen atoms in total. The monoisotopic (exact) mass is 191 g/mol. The summed E-state index contributed by atoms with van der Waals surface area (Å²) in [7, 11) is 1.75. The molecular weight excluding hydrogens is 181 g/mol. The minimum Gasteiger partial charge on any atom is -0.388 e. The number of benzene rings is 1. The van der Waals surface area contributed by atoms with Crippen LogP contribution in [0.15, 0.2) is 36.7 Å². The summed E-state index contributed by atoms with van der Waals surface area (Å²) < 4.78 is 15.0. The second-order valence-corrected chi connectivity index (χ2v) is 2.87. The molecule has 0 saturated heterocycles. The normalized spacial score (nSPS) is 10.1. The van der Waals surface area contributed by atoms with Gasteiger partial charge in [-0.1, -0.05) is 0 Å². The molecule has 0 fully saturated rings. The van der Waals surface area contributed by atoms with E-state index in [1.165, 1.54) is 10.7 Å². The fraction of sp³-hybridized carbons (Fsp3) is 0.100. The Kier molecular flexibility index (Phi) is 2.18. The second-order valence-electron chi connectivity index (χ2n) is 2.87. The van der Waals surface area contributed by atoms with Crippen LogP contribution in [0.4, 0.5) is 10.1 Å². The van der Waals surface area contributed by atoms with E-state index in [-0.39, 0.29) is 5.82 Å². The third kappa shape index (κ3) is 1.46. The molecule has 14 heavy (non-hydrogen) atoms. The maximum atomic E-state index is 13.5. The van der Waals surface area contributed by atoms with Crippen LogP contribution in [0.5, 0.6) is 0 Å². The van der Waals surface area contributed by atoms with Crippen LogP contribution in [0.1, 0.15) is 0 Å². The number of hydrogen-bond donors (Lipinski definition) is 1. The van der Waals surface area contributed by atoms with E-state index in [9.17, 15) is 4.39 Å². The van der Waals surface area contributed by atoms with Gasteiger partial charge in [0.1, 0.15) is 5.69 Å². The molecular formula is C10H10FN3. The van der Waals surface area contributed by atoms with Gasteiger partial charge in [0.2, 0.25) is 0 Å². The number of rotatable bonds is 2. The molecule has 2 rings (SSSR count). The molecule has 0 unspecified atom stereocenters. The fourth-order valence-electron chi connectivity index (χ4n) is 1.26. The summed E-state index contributed by atoms with van der Waals surface area (Å²) in [4.78, 5) is 0. The highest BCUT2D eigenvalue weighted by Gasteiger charge is 2.04. The van der Waals surface area contributed by atoms with Crippen LogP contribution < -0.4 is 5.32 Å². The molecule has 1 heterocycles. The largest absolute Gasteiger partial charge is 0.388 e. The van der Waals surface area contributed by atoms with Crippen molar-refractivity contribution in [3.63, 3.8) is 0 Å². The van der Waals surface area contributed by atoms with Crippen molar-refractivity contribution in [3.05, 3.63) is 42.5 Å². The Balaban J connectivity index is 2.46. The van der Waals surface area contributed by atoms with Gasteiger partial charge in [-0.15, -0.1) is 0 Å². The Hall–Kier alpha value is -1.84. The lowest BCUT2D eigenvalue weighted by Gasteiger charge is -2.05. The maximum absolute atomic E-state index is 13.5. The Morgan fingerprint density at radius 2 is 2.29 bits per heavy atom. The summed E-state index contributed by atoms with van der Waals surface area (Å²) in [6.07, 6.45) is 3.32. The van der Waals surface area contributed by atoms with Gasteiger partial charge in [0.15, 0.2) is 5.82 Å². The molecule has 72 valence electrons. The molecule has 1 aromatic heterocycles. The van der Waals surface area contributed by atoms with Gasteiger partial charge in [0.05, 0.1) is 0 Å². The van der Waals surface area contributed by atoms with Crippen molar-refractivity contribution in [3.8, 4) is 5.69 Å². The highest BCUT2D eigenvalue weighted by molar-refractivity contribution is 5.48. The van der Waals surface area contributed by atoms with Crippen molar-refractivity contribution in [1.82, 2.24) is 9.78 Å². The summed E-state index contributed by atoms with van der Waals surface area (Å²) in [5.41, 5.74) is 1.20. The molecule has 2 aromatic rings. The molecule has 1 N–H and O–H groups in total. The van der Waals surface area contributed by atoms with Crippen molar-refractivity contribution < 1.29 is 4.39 Å². The van der Waals surface area contributed by atoms with Crippen LogP contribution in [0.2, 0.25) is 0 Å². The van der Waals surface area contributed by atoms with Gasteiger partial charge in [0.25, 0.3) is 0 Å². The standard InChI is InChI=1S/C10H10FN3/c1-12-8-3-4-10(9(11)7-8)14-6-2-5-13-14/h2-7,12H,1H3. The first-order chi connectivity index (χ1) is 6.81. The van der Waals surface area contributed by atoms with Crippen molar-refractivity contribution in [2.45, 2.75) is 0 Å². The maximum Gasteiger partial charge on any atom is 0.150 e. The lowest BCUT2D eigenvalue weighted by molar-refractivity contribution is 0.611. The summed E-state index contributed by atoms with van der Waals surface area (Å²) in [6, 6.07) is 6.69. The van der Waals surface area contributed by atoms with E-state index in [0.29, 0.717) is 5.69 Å². The van der Waals surface area contributed by atoms with Crippen LogP contribution in [-0.4, -0.2) is 16.8 Å². The summed E-state index contributed by atoms with van der Waals surface area (Å²) in [5.74, 6) is -0.291. The minimum atomic E-state index is -0.291. The molecule has 0 spiro atoms. The van der Waals surface area contributed by atoms with Crippen LogP contribution in [0.25, 0.3) is 5.69 Å². The first-order valence-electron chi connectivity index (χ1n) is 4.28. The number of halogens is 1. The molecule has 0 aliphatic rings. The third-order valence-corrected chi connectivity index (χ3v) is 1.99. The topological polar surface area (TPSA) is 29.9 Å². The Morgan fingerprint density at radius 1 is 1.43 bits per heavy atom. The number of hydrogen-bond acceptors (Lipinski definition) is 2.